The first-order valence-corrected chi connectivity index (χ1v) is 4.01. The molecule has 1 saturated carbocycles. The van der Waals surface area contributed by atoms with Crippen molar-refractivity contribution in [1.29, 1.82) is 0 Å². The monoisotopic (exact) mass is 125 g/mol. The summed E-state index contributed by atoms with van der Waals surface area (Å²) in [6, 6.07) is 0. The van der Waals surface area contributed by atoms with Gasteiger partial charge in [-0.15, -0.1) is 0 Å². The molecule has 0 amide bonds. The van der Waals surface area contributed by atoms with Crippen LogP contribution in [0, 0.1) is 23.7 Å². The largest absolute Gasteiger partial charge is 0.316 e. The molecule has 2 aliphatic rings. The first kappa shape index (κ1) is 5.72. The molecule has 52 valence electrons. The van der Waals surface area contributed by atoms with Crippen molar-refractivity contribution >= 4 is 0 Å². The second-order valence-electron chi connectivity index (χ2n) is 3.81. The van der Waals surface area contributed by atoms with Gasteiger partial charge in [-0.3, -0.25) is 0 Å². The Labute approximate surface area is 56.8 Å². The van der Waals surface area contributed by atoms with E-state index in [9.17, 15) is 0 Å². The predicted octanol–water partition coefficient (Wildman–Crippen LogP) is 1.11. The molecule has 0 aromatic carbocycles. The highest BCUT2D eigenvalue weighted by molar-refractivity contribution is 5.04. The summed E-state index contributed by atoms with van der Waals surface area (Å²) in [7, 11) is 0. The van der Waals surface area contributed by atoms with Crippen LogP contribution >= 0.6 is 0 Å². The Hall–Kier alpha value is -0.0400. The molecule has 1 heterocycles. The molecular weight excluding hydrogens is 110 g/mol. The Morgan fingerprint density at radius 2 is 1.78 bits per heavy atom. The van der Waals surface area contributed by atoms with E-state index in [1.54, 1.807) is 0 Å². The summed E-state index contributed by atoms with van der Waals surface area (Å²) in [6.07, 6.45) is 0. The molecule has 1 nitrogen and oxygen atoms in total. The molecule has 1 N–H and O–H groups in total. The van der Waals surface area contributed by atoms with Gasteiger partial charge in [-0.1, -0.05) is 13.8 Å². The molecule has 2 fully saturated rings. The maximum Gasteiger partial charge on any atom is -0.00143 e. The SMILES string of the molecule is CC(C)C1[C@H]2CNC[C@@H]12. The minimum Gasteiger partial charge on any atom is -0.316 e. The van der Waals surface area contributed by atoms with Gasteiger partial charge >= 0.3 is 0 Å². The first-order valence-electron chi connectivity index (χ1n) is 4.01. The second kappa shape index (κ2) is 1.72. The number of nitrogens with one attached hydrogen (secondary N) is 1. The summed E-state index contributed by atoms with van der Waals surface area (Å²) in [5, 5.41) is 3.41. The van der Waals surface area contributed by atoms with Crippen molar-refractivity contribution in [2.24, 2.45) is 23.7 Å². The maximum atomic E-state index is 3.41. The van der Waals surface area contributed by atoms with E-state index in [1.165, 1.54) is 13.1 Å². The van der Waals surface area contributed by atoms with Crippen molar-refractivity contribution in [3.8, 4) is 0 Å². The molecule has 9 heavy (non-hydrogen) atoms. The van der Waals surface area contributed by atoms with Crippen LogP contribution in [0.15, 0.2) is 0 Å². The zero-order chi connectivity index (χ0) is 6.43. The van der Waals surface area contributed by atoms with Gasteiger partial charge in [0, 0.05) is 0 Å². The molecule has 0 bridgehead atoms. The van der Waals surface area contributed by atoms with Crippen molar-refractivity contribution in [3.63, 3.8) is 0 Å². The summed E-state index contributed by atoms with van der Waals surface area (Å²) >= 11 is 0. The van der Waals surface area contributed by atoms with E-state index in [1.807, 2.05) is 0 Å². The van der Waals surface area contributed by atoms with Gasteiger partial charge in [-0.25, -0.2) is 0 Å². The Bertz CT molecular complexity index is 110. The number of piperidine rings is 1. The molecule has 3 atom stereocenters. The van der Waals surface area contributed by atoms with E-state index < -0.39 is 0 Å². The van der Waals surface area contributed by atoms with Crippen molar-refractivity contribution in [3.05, 3.63) is 0 Å². The molecule has 1 aliphatic carbocycles. The van der Waals surface area contributed by atoms with Crippen LogP contribution < -0.4 is 5.32 Å². The van der Waals surface area contributed by atoms with E-state index >= 15 is 0 Å². The number of hydrogen-bond donors (Lipinski definition) is 1. The summed E-state index contributed by atoms with van der Waals surface area (Å²) < 4.78 is 0. The van der Waals surface area contributed by atoms with Crippen LogP contribution in [0.3, 0.4) is 0 Å². The van der Waals surface area contributed by atoms with Crippen LogP contribution in [0.2, 0.25) is 0 Å². The van der Waals surface area contributed by atoms with E-state index in [0.717, 1.165) is 23.7 Å². The summed E-state index contributed by atoms with van der Waals surface area (Å²) in [4.78, 5) is 0. The maximum absolute atomic E-state index is 3.41. The van der Waals surface area contributed by atoms with Gasteiger partial charge in [-0.05, 0) is 36.8 Å². The lowest BCUT2D eigenvalue weighted by molar-refractivity contribution is 0.463. The molecule has 1 unspecified atom stereocenters. The topological polar surface area (TPSA) is 12.0 Å². The highest BCUT2D eigenvalue weighted by Crippen LogP contribution is 2.52. The van der Waals surface area contributed by atoms with Crippen LogP contribution in [-0.4, -0.2) is 13.1 Å². The number of hydrogen-bond acceptors (Lipinski definition) is 1. The van der Waals surface area contributed by atoms with Crippen LogP contribution in [0.1, 0.15) is 13.8 Å². The van der Waals surface area contributed by atoms with E-state index in [-0.39, 0.29) is 0 Å². The van der Waals surface area contributed by atoms with Crippen molar-refractivity contribution < 1.29 is 0 Å². The fourth-order valence-electron chi connectivity index (χ4n) is 2.46. The van der Waals surface area contributed by atoms with Gasteiger partial charge in [0.2, 0.25) is 0 Å². The normalized spacial score (nSPS) is 47.7. The third kappa shape index (κ3) is 0.710. The minimum absolute atomic E-state index is 0.932. The summed E-state index contributed by atoms with van der Waals surface area (Å²) in [6.45, 7) is 7.30. The zero-order valence-corrected chi connectivity index (χ0v) is 6.22. The molecular formula is C8H15N. The van der Waals surface area contributed by atoms with Crippen LogP contribution in [-0.2, 0) is 0 Å². The molecule has 1 heteroatoms. The highest BCUT2D eigenvalue weighted by Gasteiger charge is 2.53. The van der Waals surface area contributed by atoms with Crippen molar-refractivity contribution in [1.82, 2.24) is 5.32 Å². The molecule has 0 aromatic heterocycles. The molecule has 1 saturated heterocycles. The Morgan fingerprint density at radius 1 is 1.22 bits per heavy atom. The van der Waals surface area contributed by atoms with E-state index in [2.05, 4.69) is 19.2 Å². The number of rotatable bonds is 1. The standard InChI is InChI=1S/C8H15N/c1-5(2)8-6-3-9-4-7(6)8/h5-9H,3-4H2,1-2H3/t6-,7+,8?. The molecule has 0 radical (unpaired) electrons. The van der Waals surface area contributed by atoms with E-state index in [4.69, 9.17) is 0 Å². The summed E-state index contributed by atoms with van der Waals surface area (Å²) in [5.41, 5.74) is 0. The fraction of sp³-hybridized carbons (Fsp3) is 1.00. The smallest absolute Gasteiger partial charge is 0.00143 e. The predicted molar refractivity (Wildman–Crippen MR) is 38.2 cm³/mol. The van der Waals surface area contributed by atoms with Gasteiger partial charge in [-0.2, -0.15) is 0 Å². The lowest BCUT2D eigenvalue weighted by Crippen LogP contribution is -2.16. The van der Waals surface area contributed by atoms with Gasteiger partial charge in [0.15, 0.2) is 0 Å². The third-order valence-corrected chi connectivity index (χ3v) is 2.93. The lowest BCUT2D eigenvalue weighted by Gasteiger charge is -2.06. The van der Waals surface area contributed by atoms with Crippen molar-refractivity contribution in [2.75, 3.05) is 13.1 Å². The van der Waals surface area contributed by atoms with Crippen LogP contribution in [0.5, 0.6) is 0 Å². The number of fused-ring (bicyclic) bond motifs is 1. The van der Waals surface area contributed by atoms with Crippen LogP contribution in [0.4, 0.5) is 0 Å². The van der Waals surface area contributed by atoms with Gasteiger partial charge in [0.05, 0.1) is 0 Å². The second-order valence-corrected chi connectivity index (χ2v) is 3.81. The Morgan fingerprint density at radius 3 is 2.11 bits per heavy atom. The molecule has 0 aromatic rings. The van der Waals surface area contributed by atoms with Gasteiger partial charge in [0.25, 0.3) is 0 Å². The van der Waals surface area contributed by atoms with Crippen LogP contribution in [0.25, 0.3) is 0 Å². The minimum atomic E-state index is 0.932. The van der Waals surface area contributed by atoms with E-state index in [0.29, 0.717) is 0 Å². The first-order chi connectivity index (χ1) is 4.30. The lowest BCUT2D eigenvalue weighted by atomic mass is 10.1. The molecule has 1 aliphatic heterocycles. The van der Waals surface area contributed by atoms with Crippen molar-refractivity contribution in [2.45, 2.75) is 13.8 Å². The Kier molecular flexibility index (Phi) is 1.10. The zero-order valence-electron chi connectivity index (χ0n) is 6.22. The quantitative estimate of drug-likeness (QED) is 0.553. The average molecular weight is 125 g/mol. The Balaban J connectivity index is 1.94. The fourth-order valence-corrected chi connectivity index (χ4v) is 2.46. The average Bonchev–Trinajstić information content (AvgIpc) is 2.30. The van der Waals surface area contributed by atoms with Gasteiger partial charge in [0.1, 0.15) is 0 Å². The molecule has 2 rings (SSSR count). The summed E-state index contributed by atoms with van der Waals surface area (Å²) in [5.74, 6) is 4.13. The van der Waals surface area contributed by atoms with Gasteiger partial charge < -0.3 is 5.32 Å². The highest BCUT2D eigenvalue weighted by atomic mass is 15.0. The molecule has 0 spiro atoms. The third-order valence-electron chi connectivity index (χ3n) is 2.93.